The first kappa shape index (κ1) is 22.8. The van der Waals surface area contributed by atoms with E-state index in [2.05, 4.69) is 5.32 Å². The Kier molecular flexibility index (Phi) is 8.04. The van der Waals surface area contributed by atoms with Gasteiger partial charge in [0.25, 0.3) is 5.91 Å². The van der Waals surface area contributed by atoms with Crippen LogP contribution < -0.4 is 10.1 Å². The van der Waals surface area contributed by atoms with E-state index in [0.29, 0.717) is 12.2 Å². The zero-order valence-electron chi connectivity index (χ0n) is 18.3. The summed E-state index contributed by atoms with van der Waals surface area (Å²) in [4.78, 5) is 27.7. The highest BCUT2D eigenvalue weighted by molar-refractivity contribution is 5.88. The third kappa shape index (κ3) is 6.54. The molecule has 2 aromatic rings. The van der Waals surface area contributed by atoms with Gasteiger partial charge < -0.3 is 15.0 Å². The highest BCUT2D eigenvalue weighted by atomic mass is 19.1. The van der Waals surface area contributed by atoms with E-state index in [-0.39, 0.29) is 36.8 Å². The fourth-order valence-corrected chi connectivity index (χ4v) is 4.01. The third-order valence-corrected chi connectivity index (χ3v) is 5.71. The molecule has 0 aliphatic heterocycles. The van der Waals surface area contributed by atoms with Crippen molar-refractivity contribution in [3.63, 3.8) is 0 Å². The molecule has 3 rings (SSSR count). The van der Waals surface area contributed by atoms with Gasteiger partial charge in [-0.05, 0) is 61.6 Å². The zero-order chi connectivity index (χ0) is 22.2. The normalized spacial score (nSPS) is 14.8. The van der Waals surface area contributed by atoms with E-state index < -0.39 is 6.04 Å². The minimum Gasteiger partial charge on any atom is -0.484 e. The van der Waals surface area contributed by atoms with E-state index in [0.717, 1.165) is 36.8 Å². The monoisotopic (exact) mass is 426 g/mol. The van der Waals surface area contributed by atoms with Gasteiger partial charge in [0.05, 0.1) is 0 Å². The largest absolute Gasteiger partial charge is 0.484 e. The lowest BCUT2D eigenvalue weighted by molar-refractivity contribution is -0.143. The van der Waals surface area contributed by atoms with Crippen LogP contribution in [-0.2, 0) is 16.1 Å². The van der Waals surface area contributed by atoms with Crippen LogP contribution in [0.2, 0.25) is 0 Å². The number of carbonyl (C=O) groups excluding carboxylic acids is 2. The number of hydrogen-bond donors (Lipinski definition) is 1. The van der Waals surface area contributed by atoms with Gasteiger partial charge in [-0.15, -0.1) is 0 Å². The molecule has 0 saturated heterocycles. The second kappa shape index (κ2) is 10.9. The van der Waals surface area contributed by atoms with Crippen molar-refractivity contribution >= 4 is 11.8 Å². The average Bonchev–Trinajstić information content (AvgIpc) is 3.26. The molecule has 1 saturated carbocycles. The van der Waals surface area contributed by atoms with Crippen LogP contribution in [0.15, 0.2) is 48.5 Å². The summed E-state index contributed by atoms with van der Waals surface area (Å²) in [5.41, 5.74) is 1.80. The van der Waals surface area contributed by atoms with Crippen molar-refractivity contribution in [2.45, 2.75) is 64.6 Å². The first-order valence-electron chi connectivity index (χ1n) is 11.0. The zero-order valence-corrected chi connectivity index (χ0v) is 18.3. The van der Waals surface area contributed by atoms with Gasteiger partial charge in [0.1, 0.15) is 17.6 Å². The lowest BCUT2D eigenvalue weighted by Gasteiger charge is -2.31. The molecule has 5 nitrogen and oxygen atoms in total. The van der Waals surface area contributed by atoms with Gasteiger partial charge in [-0.25, -0.2) is 4.39 Å². The van der Waals surface area contributed by atoms with Crippen molar-refractivity contribution in [1.82, 2.24) is 10.2 Å². The van der Waals surface area contributed by atoms with Crippen LogP contribution in [0, 0.1) is 12.7 Å². The highest BCUT2D eigenvalue weighted by Gasteiger charge is 2.30. The van der Waals surface area contributed by atoms with E-state index >= 15 is 0 Å². The van der Waals surface area contributed by atoms with Crippen LogP contribution in [0.1, 0.15) is 50.2 Å². The maximum atomic E-state index is 13.3. The molecule has 0 radical (unpaired) electrons. The summed E-state index contributed by atoms with van der Waals surface area (Å²) in [6.07, 6.45) is 4.67. The molecular weight excluding hydrogens is 395 g/mol. The number of aryl methyl sites for hydroxylation is 1. The molecule has 6 heteroatoms. The van der Waals surface area contributed by atoms with E-state index in [4.69, 9.17) is 4.74 Å². The van der Waals surface area contributed by atoms with E-state index in [1.54, 1.807) is 23.1 Å². The summed E-state index contributed by atoms with van der Waals surface area (Å²) in [6, 6.07) is 13.0. The number of amides is 2. The molecule has 1 aliphatic rings. The second-order valence-electron chi connectivity index (χ2n) is 8.17. The van der Waals surface area contributed by atoms with Crippen LogP contribution >= 0.6 is 0 Å². The fourth-order valence-electron chi connectivity index (χ4n) is 4.01. The van der Waals surface area contributed by atoms with Crippen LogP contribution in [0.5, 0.6) is 5.75 Å². The second-order valence-corrected chi connectivity index (χ2v) is 8.17. The number of halogens is 1. The average molecular weight is 427 g/mol. The highest BCUT2D eigenvalue weighted by Crippen LogP contribution is 2.20. The Morgan fingerprint density at radius 1 is 1.16 bits per heavy atom. The molecule has 1 unspecified atom stereocenters. The van der Waals surface area contributed by atoms with Crippen molar-refractivity contribution in [2.24, 2.45) is 0 Å². The van der Waals surface area contributed by atoms with Crippen LogP contribution in [0.25, 0.3) is 0 Å². The van der Waals surface area contributed by atoms with E-state index in [9.17, 15) is 14.0 Å². The summed E-state index contributed by atoms with van der Waals surface area (Å²) in [7, 11) is 0. The Hall–Kier alpha value is -2.89. The summed E-state index contributed by atoms with van der Waals surface area (Å²) in [5.74, 6) is -0.145. The molecular formula is C25H31FN2O3. The minimum atomic E-state index is -0.612. The summed E-state index contributed by atoms with van der Waals surface area (Å²) in [6.45, 7) is 3.89. The topological polar surface area (TPSA) is 58.6 Å². The first-order chi connectivity index (χ1) is 15.0. The number of benzene rings is 2. The van der Waals surface area contributed by atoms with Crippen LogP contribution in [0.4, 0.5) is 4.39 Å². The SMILES string of the molecule is CCC(C(=O)NC1CCCC1)N(Cc1ccc(F)cc1)C(=O)COc1cccc(C)c1. The van der Waals surface area contributed by atoms with Gasteiger partial charge in [0.15, 0.2) is 6.61 Å². The smallest absolute Gasteiger partial charge is 0.261 e. The molecule has 1 fully saturated rings. The molecule has 0 bridgehead atoms. The van der Waals surface area contributed by atoms with Crippen molar-refractivity contribution in [3.05, 3.63) is 65.5 Å². The molecule has 0 spiro atoms. The standard InChI is InChI=1S/C25H31FN2O3/c1-3-23(25(30)27-21-8-4-5-9-21)28(16-19-11-13-20(26)14-12-19)24(29)17-31-22-10-6-7-18(2)15-22/h6-7,10-15,21,23H,3-5,8-9,16-17H2,1-2H3,(H,27,30). The van der Waals surface area contributed by atoms with Crippen molar-refractivity contribution in [1.29, 1.82) is 0 Å². The van der Waals surface area contributed by atoms with E-state index in [1.807, 2.05) is 32.0 Å². The van der Waals surface area contributed by atoms with Gasteiger partial charge in [0.2, 0.25) is 5.91 Å². The van der Waals surface area contributed by atoms with Crippen LogP contribution in [-0.4, -0.2) is 35.4 Å². The first-order valence-corrected chi connectivity index (χ1v) is 11.0. The van der Waals surface area contributed by atoms with Crippen molar-refractivity contribution in [2.75, 3.05) is 6.61 Å². The molecule has 31 heavy (non-hydrogen) atoms. The molecule has 166 valence electrons. The number of hydrogen-bond acceptors (Lipinski definition) is 3. The van der Waals surface area contributed by atoms with Crippen molar-refractivity contribution in [3.8, 4) is 5.75 Å². The lowest BCUT2D eigenvalue weighted by Crippen LogP contribution is -2.52. The van der Waals surface area contributed by atoms with Gasteiger partial charge in [-0.2, -0.15) is 0 Å². The molecule has 2 amide bonds. The summed E-state index contributed by atoms with van der Waals surface area (Å²) >= 11 is 0. The molecule has 0 heterocycles. The lowest BCUT2D eigenvalue weighted by atomic mass is 10.1. The fraction of sp³-hybridized carbons (Fsp3) is 0.440. The molecule has 0 aromatic heterocycles. The van der Waals surface area contributed by atoms with Gasteiger partial charge in [-0.3, -0.25) is 9.59 Å². The number of rotatable bonds is 9. The quantitative estimate of drug-likeness (QED) is 0.647. The number of nitrogens with one attached hydrogen (secondary N) is 1. The van der Waals surface area contributed by atoms with Gasteiger partial charge in [-0.1, -0.05) is 44.0 Å². The summed E-state index contributed by atoms with van der Waals surface area (Å²) in [5, 5.41) is 3.11. The molecule has 1 N–H and O–H groups in total. The molecule has 1 atom stereocenters. The number of ether oxygens (including phenoxy) is 1. The molecule has 2 aromatic carbocycles. The van der Waals surface area contributed by atoms with E-state index in [1.165, 1.54) is 12.1 Å². The predicted molar refractivity (Wildman–Crippen MR) is 118 cm³/mol. The Labute approximate surface area is 183 Å². The van der Waals surface area contributed by atoms with Gasteiger partial charge >= 0.3 is 0 Å². The van der Waals surface area contributed by atoms with Gasteiger partial charge in [0, 0.05) is 12.6 Å². The Balaban J connectivity index is 1.75. The Morgan fingerprint density at radius 3 is 2.52 bits per heavy atom. The van der Waals surface area contributed by atoms with Crippen molar-refractivity contribution < 1.29 is 18.7 Å². The number of carbonyl (C=O) groups is 2. The maximum Gasteiger partial charge on any atom is 0.261 e. The minimum absolute atomic E-state index is 0.139. The number of nitrogens with zero attached hydrogens (tertiary/aromatic N) is 1. The Bertz CT molecular complexity index is 879. The summed E-state index contributed by atoms with van der Waals surface area (Å²) < 4.78 is 19.1. The molecule has 1 aliphatic carbocycles. The third-order valence-electron chi connectivity index (χ3n) is 5.71. The van der Waals surface area contributed by atoms with Crippen LogP contribution in [0.3, 0.4) is 0 Å². The predicted octanol–water partition coefficient (Wildman–Crippen LogP) is 4.38. The Morgan fingerprint density at radius 2 is 1.87 bits per heavy atom. The maximum absolute atomic E-state index is 13.3.